The Morgan fingerprint density at radius 2 is 1.86 bits per heavy atom. The summed E-state index contributed by atoms with van der Waals surface area (Å²) < 4.78 is 38.1. The van der Waals surface area contributed by atoms with Crippen LogP contribution in [0.4, 0.5) is 14.5 Å². The van der Waals surface area contributed by atoms with Crippen LogP contribution in [-0.4, -0.2) is 22.3 Å². The number of halogens is 4. The number of anilines is 1. The summed E-state index contributed by atoms with van der Waals surface area (Å²) in [6, 6.07) is 11.5. The fraction of sp³-hybridized carbons (Fsp3) is 0.111. The van der Waals surface area contributed by atoms with Gasteiger partial charge in [0.2, 0.25) is 0 Å². The van der Waals surface area contributed by atoms with Gasteiger partial charge in [0.1, 0.15) is 11.5 Å². The van der Waals surface area contributed by atoms with Gasteiger partial charge in [-0.2, -0.15) is 13.9 Å². The molecule has 0 aliphatic heterocycles. The van der Waals surface area contributed by atoms with E-state index in [1.54, 1.807) is 18.3 Å². The average Bonchev–Trinajstić information content (AvgIpc) is 3.09. The van der Waals surface area contributed by atoms with Gasteiger partial charge >= 0.3 is 6.61 Å². The van der Waals surface area contributed by atoms with Crippen LogP contribution in [0, 0.1) is 0 Å². The topological polar surface area (TPSA) is 65.4 Å². The summed E-state index contributed by atoms with van der Waals surface area (Å²) in [5.74, 6) is -0.167. The van der Waals surface area contributed by atoms with E-state index in [-0.39, 0.29) is 18.0 Å². The zero-order valence-corrected chi connectivity index (χ0v) is 17.3. The number of benzene rings is 2. The maximum Gasteiger partial charge on any atom is 0.387 e. The van der Waals surface area contributed by atoms with E-state index in [1.165, 1.54) is 29.1 Å². The van der Waals surface area contributed by atoms with Gasteiger partial charge in [-0.3, -0.25) is 4.79 Å². The molecule has 6 nitrogen and oxygen atoms in total. The highest BCUT2D eigenvalue weighted by Gasteiger charge is 2.17. The zero-order valence-electron chi connectivity index (χ0n) is 14.1. The monoisotopic (exact) mass is 515 g/mol. The lowest BCUT2D eigenvalue weighted by atomic mass is 10.2. The first-order valence-corrected chi connectivity index (χ1v) is 9.46. The fourth-order valence-electron chi connectivity index (χ4n) is 2.25. The van der Waals surface area contributed by atoms with Crippen molar-refractivity contribution < 1.29 is 23.0 Å². The molecule has 0 aliphatic rings. The van der Waals surface area contributed by atoms with Crippen LogP contribution in [0.5, 0.6) is 11.5 Å². The highest BCUT2D eigenvalue weighted by Crippen LogP contribution is 2.26. The maximum atomic E-state index is 12.5. The van der Waals surface area contributed by atoms with Gasteiger partial charge in [-0.05, 0) is 42.5 Å². The molecule has 0 bridgehead atoms. The van der Waals surface area contributed by atoms with Crippen molar-refractivity contribution in [1.29, 1.82) is 0 Å². The van der Waals surface area contributed by atoms with Crippen molar-refractivity contribution in [3.8, 4) is 11.5 Å². The molecule has 0 radical (unpaired) electrons. The molecule has 0 atom stereocenters. The predicted octanol–water partition coefficient (Wildman–Crippen LogP) is 5.30. The SMILES string of the molecule is O=C(Nc1cnn(COc2ccc(Br)cc2)c1)c1cc(Br)ccc1OC(F)F. The van der Waals surface area contributed by atoms with E-state index in [9.17, 15) is 13.6 Å². The summed E-state index contributed by atoms with van der Waals surface area (Å²) >= 11 is 6.55. The third-order valence-electron chi connectivity index (χ3n) is 3.47. The van der Waals surface area contributed by atoms with Gasteiger partial charge in [0.15, 0.2) is 6.73 Å². The third kappa shape index (κ3) is 5.52. The van der Waals surface area contributed by atoms with Crippen LogP contribution in [0.1, 0.15) is 10.4 Å². The van der Waals surface area contributed by atoms with Crippen molar-refractivity contribution in [2.24, 2.45) is 0 Å². The molecule has 0 spiro atoms. The van der Waals surface area contributed by atoms with E-state index in [2.05, 4.69) is 47.0 Å². The molecule has 3 aromatic rings. The lowest BCUT2D eigenvalue weighted by Gasteiger charge is -2.10. The number of ether oxygens (including phenoxy) is 2. The molecule has 146 valence electrons. The number of nitrogens with zero attached hydrogens (tertiary/aromatic N) is 2. The lowest BCUT2D eigenvalue weighted by molar-refractivity contribution is -0.0501. The largest absolute Gasteiger partial charge is 0.471 e. The van der Waals surface area contributed by atoms with Crippen LogP contribution in [0.2, 0.25) is 0 Å². The summed E-state index contributed by atoms with van der Waals surface area (Å²) in [5.41, 5.74) is 0.348. The Morgan fingerprint density at radius 1 is 1.14 bits per heavy atom. The highest BCUT2D eigenvalue weighted by molar-refractivity contribution is 9.10. The normalized spacial score (nSPS) is 10.8. The van der Waals surface area contributed by atoms with Crippen LogP contribution in [0.3, 0.4) is 0 Å². The van der Waals surface area contributed by atoms with Crippen molar-refractivity contribution in [2.75, 3.05) is 5.32 Å². The van der Waals surface area contributed by atoms with Crippen LogP contribution >= 0.6 is 31.9 Å². The van der Waals surface area contributed by atoms with E-state index >= 15 is 0 Å². The maximum absolute atomic E-state index is 12.5. The molecule has 1 aromatic heterocycles. The van der Waals surface area contributed by atoms with Crippen molar-refractivity contribution >= 4 is 43.5 Å². The van der Waals surface area contributed by atoms with E-state index in [0.29, 0.717) is 15.9 Å². The van der Waals surface area contributed by atoms with Crippen molar-refractivity contribution in [3.05, 3.63) is 69.4 Å². The molecule has 1 heterocycles. The van der Waals surface area contributed by atoms with Crippen LogP contribution in [0.25, 0.3) is 0 Å². The first-order valence-electron chi connectivity index (χ1n) is 7.87. The van der Waals surface area contributed by atoms with Gasteiger partial charge < -0.3 is 14.8 Å². The minimum atomic E-state index is -3.04. The van der Waals surface area contributed by atoms with Gasteiger partial charge in [0.05, 0.1) is 23.6 Å². The second-order valence-corrected chi connectivity index (χ2v) is 7.30. The number of carbonyl (C=O) groups is 1. The minimum absolute atomic E-state index is 0.0338. The second-order valence-electron chi connectivity index (χ2n) is 5.47. The third-order valence-corrected chi connectivity index (χ3v) is 4.49. The molecule has 3 rings (SSSR count). The molecule has 10 heteroatoms. The Bertz CT molecular complexity index is 965. The van der Waals surface area contributed by atoms with Gasteiger partial charge in [0, 0.05) is 8.95 Å². The van der Waals surface area contributed by atoms with Gasteiger partial charge in [-0.15, -0.1) is 0 Å². The van der Waals surface area contributed by atoms with Crippen LogP contribution < -0.4 is 14.8 Å². The number of rotatable bonds is 7. The van der Waals surface area contributed by atoms with Gasteiger partial charge in [-0.1, -0.05) is 31.9 Å². The molecule has 1 amide bonds. The van der Waals surface area contributed by atoms with Crippen molar-refractivity contribution in [1.82, 2.24) is 9.78 Å². The zero-order chi connectivity index (χ0) is 20.1. The molecule has 0 unspecified atom stereocenters. The van der Waals surface area contributed by atoms with Crippen LogP contribution in [0.15, 0.2) is 63.8 Å². The lowest BCUT2D eigenvalue weighted by Crippen LogP contribution is -2.15. The number of hydrogen-bond donors (Lipinski definition) is 1. The summed E-state index contributed by atoms with van der Waals surface area (Å²) in [7, 11) is 0. The highest BCUT2D eigenvalue weighted by atomic mass is 79.9. The Labute approximate surface area is 175 Å². The molecule has 0 fully saturated rings. The summed E-state index contributed by atoms with van der Waals surface area (Å²) in [6.45, 7) is -2.90. The molecule has 1 N–H and O–H groups in total. The molecule has 0 saturated carbocycles. The van der Waals surface area contributed by atoms with E-state index < -0.39 is 12.5 Å². The number of hydrogen-bond acceptors (Lipinski definition) is 4. The molecule has 0 saturated heterocycles. The molecular weight excluding hydrogens is 504 g/mol. The fourth-order valence-corrected chi connectivity index (χ4v) is 2.87. The summed E-state index contributed by atoms with van der Waals surface area (Å²) in [5, 5.41) is 6.69. The Hall–Kier alpha value is -2.46. The molecule has 2 aromatic carbocycles. The van der Waals surface area contributed by atoms with E-state index in [0.717, 1.165) is 4.47 Å². The standard InChI is InChI=1S/C18H13Br2F2N3O3/c19-11-1-4-14(5-2-11)27-10-25-9-13(8-23-25)24-17(26)15-7-12(20)3-6-16(15)28-18(21)22/h1-9,18H,10H2,(H,24,26). The molecule has 0 aliphatic carbocycles. The van der Waals surface area contributed by atoms with Crippen LogP contribution in [-0.2, 0) is 6.73 Å². The van der Waals surface area contributed by atoms with Crippen molar-refractivity contribution in [3.63, 3.8) is 0 Å². The quantitative estimate of drug-likeness (QED) is 0.463. The minimum Gasteiger partial charge on any atom is -0.471 e. The molecular formula is C18H13Br2F2N3O3. The summed E-state index contributed by atoms with van der Waals surface area (Å²) in [6.07, 6.45) is 2.98. The van der Waals surface area contributed by atoms with Gasteiger partial charge in [0.25, 0.3) is 5.91 Å². The Kier molecular flexibility index (Phi) is 6.63. The Balaban J connectivity index is 1.65. The number of aromatic nitrogens is 2. The number of carbonyl (C=O) groups excluding carboxylic acids is 1. The van der Waals surface area contributed by atoms with Gasteiger partial charge in [-0.25, -0.2) is 4.68 Å². The average molecular weight is 517 g/mol. The number of amides is 1. The second kappa shape index (κ2) is 9.16. The molecule has 28 heavy (non-hydrogen) atoms. The smallest absolute Gasteiger partial charge is 0.387 e. The number of nitrogens with one attached hydrogen (secondary N) is 1. The first-order chi connectivity index (χ1) is 13.4. The van der Waals surface area contributed by atoms with E-state index in [1.807, 2.05) is 12.1 Å². The predicted molar refractivity (Wildman–Crippen MR) is 106 cm³/mol. The summed E-state index contributed by atoms with van der Waals surface area (Å²) in [4.78, 5) is 12.5. The van der Waals surface area contributed by atoms with E-state index in [4.69, 9.17) is 4.74 Å². The first kappa shape index (κ1) is 20.3. The van der Waals surface area contributed by atoms with Crippen molar-refractivity contribution in [2.45, 2.75) is 13.3 Å². The number of alkyl halides is 2. The Morgan fingerprint density at radius 3 is 2.57 bits per heavy atom.